The van der Waals surface area contributed by atoms with Crippen LogP contribution < -0.4 is 0 Å². The topological polar surface area (TPSA) is 20.2 Å². The number of aliphatic hydroxyl groups excluding tert-OH is 1. The number of hydrogen-bond acceptors (Lipinski definition) is 1. The molecule has 0 rings (SSSR count). The van der Waals surface area contributed by atoms with Gasteiger partial charge in [0.05, 0.1) is 6.10 Å². The fourth-order valence-corrected chi connectivity index (χ4v) is 1.19. The van der Waals surface area contributed by atoms with Gasteiger partial charge in [0, 0.05) is 0 Å². The standard InChI is InChI=1S/C10H22O/c1-3-5-6-7-8-9-10(11)4-2/h10-11H,3-9H2,1-2H3/t10-/m0/s1. The molecule has 11 heavy (non-hydrogen) atoms. The van der Waals surface area contributed by atoms with E-state index < -0.39 is 0 Å². The Labute approximate surface area is 70.8 Å². The molecule has 1 N–H and O–H groups in total. The fourth-order valence-electron chi connectivity index (χ4n) is 1.19. The summed E-state index contributed by atoms with van der Waals surface area (Å²) in [5, 5.41) is 9.21. The summed E-state index contributed by atoms with van der Waals surface area (Å²) >= 11 is 0. The number of hydrogen-bond donors (Lipinski definition) is 1. The number of rotatable bonds is 7. The molecule has 1 atom stereocenters. The molecule has 0 radical (unpaired) electrons. The predicted octanol–water partition coefficient (Wildman–Crippen LogP) is 3.12. The molecule has 68 valence electrons. The van der Waals surface area contributed by atoms with Crippen LogP contribution in [0, 0.1) is 0 Å². The smallest absolute Gasteiger partial charge is 0.0537 e. The van der Waals surface area contributed by atoms with E-state index in [1.54, 1.807) is 0 Å². The van der Waals surface area contributed by atoms with E-state index in [9.17, 15) is 5.11 Å². The Balaban J connectivity index is 2.89. The zero-order chi connectivity index (χ0) is 8.53. The van der Waals surface area contributed by atoms with Crippen LogP contribution in [0.25, 0.3) is 0 Å². The van der Waals surface area contributed by atoms with Crippen molar-refractivity contribution in [1.82, 2.24) is 0 Å². The minimum atomic E-state index is -0.0448. The van der Waals surface area contributed by atoms with Gasteiger partial charge in [0.2, 0.25) is 0 Å². The Kier molecular flexibility index (Phi) is 8.03. The molecule has 0 bridgehead atoms. The molecule has 0 aliphatic rings. The third kappa shape index (κ3) is 7.86. The van der Waals surface area contributed by atoms with Gasteiger partial charge in [0.25, 0.3) is 0 Å². The van der Waals surface area contributed by atoms with Crippen molar-refractivity contribution in [2.75, 3.05) is 0 Å². The summed E-state index contributed by atoms with van der Waals surface area (Å²) in [6, 6.07) is 0. The Morgan fingerprint density at radius 1 is 1.00 bits per heavy atom. The maximum absolute atomic E-state index is 9.21. The second kappa shape index (κ2) is 8.06. The molecular weight excluding hydrogens is 136 g/mol. The highest BCUT2D eigenvalue weighted by atomic mass is 16.3. The highest BCUT2D eigenvalue weighted by Crippen LogP contribution is 2.08. The maximum Gasteiger partial charge on any atom is 0.0537 e. The summed E-state index contributed by atoms with van der Waals surface area (Å²) < 4.78 is 0. The summed E-state index contributed by atoms with van der Waals surface area (Å²) in [6.07, 6.45) is 8.36. The monoisotopic (exact) mass is 158 g/mol. The molecule has 0 heterocycles. The van der Waals surface area contributed by atoms with Crippen LogP contribution in [0.4, 0.5) is 0 Å². The Hall–Kier alpha value is -0.0400. The lowest BCUT2D eigenvalue weighted by Gasteiger charge is -2.05. The van der Waals surface area contributed by atoms with Crippen molar-refractivity contribution in [2.45, 2.75) is 64.9 Å². The molecule has 0 aromatic heterocycles. The summed E-state index contributed by atoms with van der Waals surface area (Å²) in [5.74, 6) is 0. The average Bonchev–Trinajstić information content (AvgIpc) is 2.04. The second-order valence-corrected chi connectivity index (χ2v) is 3.26. The van der Waals surface area contributed by atoms with Gasteiger partial charge in [-0.05, 0) is 12.8 Å². The lowest BCUT2D eigenvalue weighted by Crippen LogP contribution is -2.03. The number of unbranched alkanes of at least 4 members (excludes halogenated alkanes) is 4. The average molecular weight is 158 g/mol. The van der Waals surface area contributed by atoms with E-state index >= 15 is 0 Å². The lowest BCUT2D eigenvalue weighted by atomic mass is 10.1. The summed E-state index contributed by atoms with van der Waals surface area (Å²) in [5.41, 5.74) is 0. The Bertz CT molecular complexity index is 71.3. The van der Waals surface area contributed by atoms with E-state index in [-0.39, 0.29) is 6.10 Å². The molecule has 0 aliphatic heterocycles. The zero-order valence-electron chi connectivity index (χ0n) is 7.97. The minimum absolute atomic E-state index is 0.0448. The molecule has 0 saturated heterocycles. The van der Waals surface area contributed by atoms with Gasteiger partial charge >= 0.3 is 0 Å². The first kappa shape index (κ1) is 11.0. The molecule has 0 aromatic carbocycles. The Morgan fingerprint density at radius 2 is 1.64 bits per heavy atom. The van der Waals surface area contributed by atoms with Crippen LogP contribution in [-0.4, -0.2) is 11.2 Å². The van der Waals surface area contributed by atoms with Crippen molar-refractivity contribution in [1.29, 1.82) is 0 Å². The molecule has 0 aromatic rings. The van der Waals surface area contributed by atoms with Gasteiger partial charge in [-0.2, -0.15) is 0 Å². The van der Waals surface area contributed by atoms with Gasteiger partial charge < -0.3 is 5.11 Å². The molecule has 1 heteroatoms. The van der Waals surface area contributed by atoms with Crippen LogP contribution in [-0.2, 0) is 0 Å². The molecule has 0 saturated carbocycles. The van der Waals surface area contributed by atoms with Crippen molar-refractivity contribution in [2.24, 2.45) is 0 Å². The van der Waals surface area contributed by atoms with Crippen molar-refractivity contribution >= 4 is 0 Å². The van der Waals surface area contributed by atoms with Crippen LogP contribution >= 0.6 is 0 Å². The van der Waals surface area contributed by atoms with Crippen LogP contribution in [0.15, 0.2) is 0 Å². The largest absolute Gasteiger partial charge is 0.393 e. The van der Waals surface area contributed by atoms with E-state index in [2.05, 4.69) is 6.92 Å². The van der Waals surface area contributed by atoms with Gasteiger partial charge in [-0.15, -0.1) is 0 Å². The van der Waals surface area contributed by atoms with Crippen LogP contribution in [0.3, 0.4) is 0 Å². The zero-order valence-corrected chi connectivity index (χ0v) is 7.97. The highest BCUT2D eigenvalue weighted by Gasteiger charge is 1.98. The second-order valence-electron chi connectivity index (χ2n) is 3.26. The van der Waals surface area contributed by atoms with E-state index in [0.29, 0.717) is 0 Å². The SMILES string of the molecule is CCCCCCC[C@@H](O)CC. The minimum Gasteiger partial charge on any atom is -0.393 e. The first-order valence-corrected chi connectivity index (χ1v) is 4.99. The molecule has 0 spiro atoms. The molecular formula is C10H22O. The first-order chi connectivity index (χ1) is 5.31. The third-order valence-corrected chi connectivity index (χ3v) is 2.11. The van der Waals surface area contributed by atoms with Crippen molar-refractivity contribution in [3.8, 4) is 0 Å². The summed E-state index contributed by atoms with van der Waals surface area (Å²) in [6.45, 7) is 4.26. The molecule has 0 fully saturated rings. The predicted molar refractivity (Wildman–Crippen MR) is 49.7 cm³/mol. The molecule has 1 nitrogen and oxygen atoms in total. The first-order valence-electron chi connectivity index (χ1n) is 4.99. The van der Waals surface area contributed by atoms with E-state index in [1.807, 2.05) is 6.92 Å². The third-order valence-electron chi connectivity index (χ3n) is 2.11. The normalized spacial score (nSPS) is 13.4. The van der Waals surface area contributed by atoms with Gasteiger partial charge in [0.1, 0.15) is 0 Å². The van der Waals surface area contributed by atoms with Gasteiger partial charge in [0.15, 0.2) is 0 Å². The lowest BCUT2D eigenvalue weighted by molar-refractivity contribution is 0.156. The quantitative estimate of drug-likeness (QED) is 0.564. The Morgan fingerprint density at radius 3 is 2.18 bits per heavy atom. The van der Waals surface area contributed by atoms with Crippen molar-refractivity contribution < 1.29 is 5.11 Å². The van der Waals surface area contributed by atoms with E-state index in [4.69, 9.17) is 0 Å². The van der Waals surface area contributed by atoms with Gasteiger partial charge in [-0.3, -0.25) is 0 Å². The molecule has 0 unspecified atom stereocenters. The van der Waals surface area contributed by atoms with Crippen molar-refractivity contribution in [3.05, 3.63) is 0 Å². The van der Waals surface area contributed by atoms with Crippen LogP contribution in [0.1, 0.15) is 58.8 Å². The summed E-state index contributed by atoms with van der Waals surface area (Å²) in [4.78, 5) is 0. The van der Waals surface area contributed by atoms with Crippen molar-refractivity contribution in [3.63, 3.8) is 0 Å². The van der Waals surface area contributed by atoms with Crippen LogP contribution in [0.5, 0.6) is 0 Å². The maximum atomic E-state index is 9.21. The summed E-state index contributed by atoms with van der Waals surface area (Å²) in [7, 11) is 0. The fraction of sp³-hybridized carbons (Fsp3) is 1.00. The van der Waals surface area contributed by atoms with E-state index in [0.717, 1.165) is 12.8 Å². The van der Waals surface area contributed by atoms with E-state index in [1.165, 1.54) is 32.1 Å². The molecule has 0 aliphatic carbocycles. The highest BCUT2D eigenvalue weighted by molar-refractivity contribution is 4.52. The van der Waals surface area contributed by atoms with Gasteiger partial charge in [-0.25, -0.2) is 0 Å². The molecule has 0 amide bonds. The van der Waals surface area contributed by atoms with Gasteiger partial charge in [-0.1, -0.05) is 46.0 Å². The number of aliphatic hydroxyl groups is 1. The van der Waals surface area contributed by atoms with Crippen LogP contribution in [0.2, 0.25) is 0 Å².